The second-order valence-corrected chi connectivity index (χ2v) is 6.65. The average molecular weight is 238 g/mol. The lowest BCUT2D eigenvalue weighted by Gasteiger charge is -2.22. The summed E-state index contributed by atoms with van der Waals surface area (Å²) >= 11 is 0. The molecule has 0 atom stereocenters. The first-order valence-electron chi connectivity index (χ1n) is 5.99. The van der Waals surface area contributed by atoms with Crippen LogP contribution in [0, 0.1) is 0 Å². The lowest BCUT2D eigenvalue weighted by atomic mass is 9.87. The van der Waals surface area contributed by atoms with Crippen molar-refractivity contribution in [1.29, 1.82) is 0 Å². The highest BCUT2D eigenvalue weighted by Gasteiger charge is 2.17. The highest BCUT2D eigenvalue weighted by molar-refractivity contribution is 6.67. The summed E-state index contributed by atoms with van der Waals surface area (Å²) in [4.78, 5) is 0. The third-order valence-corrected chi connectivity index (χ3v) is 4.12. The minimum absolute atomic E-state index is 0.221. The van der Waals surface area contributed by atoms with Gasteiger partial charge in [-0.25, -0.2) is 0 Å². The predicted molar refractivity (Wildman–Crippen MR) is 76.6 cm³/mol. The van der Waals surface area contributed by atoms with E-state index in [0.717, 1.165) is 9.52 Å². The molecule has 2 aromatic rings. The molecule has 0 fully saturated rings. The Bertz CT molecular complexity index is 480. The SMILES string of the molecule is CC(C)(C)c1ccccc1[Si]c1ccccc1. The van der Waals surface area contributed by atoms with Crippen molar-refractivity contribution in [3.63, 3.8) is 0 Å². The molecule has 0 aliphatic carbocycles. The molecule has 17 heavy (non-hydrogen) atoms. The first-order chi connectivity index (χ1) is 8.07. The zero-order valence-corrected chi connectivity index (χ0v) is 11.7. The summed E-state index contributed by atoms with van der Waals surface area (Å²) in [6, 6.07) is 19.5. The molecule has 2 rings (SSSR count). The zero-order chi connectivity index (χ0) is 12.3. The van der Waals surface area contributed by atoms with Crippen molar-refractivity contribution in [3.8, 4) is 0 Å². The second kappa shape index (κ2) is 4.88. The van der Waals surface area contributed by atoms with E-state index in [1.807, 2.05) is 0 Å². The fraction of sp³-hybridized carbons (Fsp3) is 0.250. The Morgan fingerprint density at radius 1 is 0.765 bits per heavy atom. The van der Waals surface area contributed by atoms with E-state index >= 15 is 0 Å². The van der Waals surface area contributed by atoms with Crippen molar-refractivity contribution in [2.75, 3.05) is 0 Å². The maximum atomic E-state index is 2.28. The van der Waals surface area contributed by atoms with Crippen LogP contribution in [-0.4, -0.2) is 9.52 Å². The molecule has 0 saturated carbocycles. The van der Waals surface area contributed by atoms with Crippen LogP contribution in [0.15, 0.2) is 54.6 Å². The lowest BCUT2D eigenvalue weighted by Crippen LogP contribution is -2.33. The van der Waals surface area contributed by atoms with Crippen LogP contribution in [0.3, 0.4) is 0 Å². The molecule has 0 aliphatic heterocycles. The fourth-order valence-electron chi connectivity index (χ4n) is 1.92. The molecule has 0 aromatic heterocycles. The molecule has 0 N–H and O–H groups in total. The Morgan fingerprint density at radius 3 is 2.00 bits per heavy atom. The molecule has 1 heteroatoms. The van der Waals surface area contributed by atoms with Crippen LogP contribution < -0.4 is 10.4 Å². The summed E-state index contributed by atoms with van der Waals surface area (Å²) in [7, 11) is 0.749. The normalized spacial score (nSPS) is 11.5. The summed E-state index contributed by atoms with van der Waals surface area (Å²) in [5, 5.41) is 2.87. The minimum Gasteiger partial charge on any atom is -0.0631 e. The van der Waals surface area contributed by atoms with E-state index in [2.05, 4.69) is 75.4 Å². The van der Waals surface area contributed by atoms with Crippen molar-refractivity contribution < 1.29 is 0 Å². The van der Waals surface area contributed by atoms with Gasteiger partial charge in [-0.15, -0.1) is 0 Å². The largest absolute Gasteiger partial charge is 0.121 e. The smallest absolute Gasteiger partial charge is 0.0631 e. The van der Waals surface area contributed by atoms with Gasteiger partial charge in [-0.2, -0.15) is 0 Å². The van der Waals surface area contributed by atoms with Crippen LogP contribution in [0.25, 0.3) is 0 Å². The number of hydrogen-bond acceptors (Lipinski definition) is 0. The van der Waals surface area contributed by atoms with E-state index in [4.69, 9.17) is 0 Å². The van der Waals surface area contributed by atoms with Crippen LogP contribution in [0.4, 0.5) is 0 Å². The highest BCUT2D eigenvalue weighted by atomic mass is 28.2. The van der Waals surface area contributed by atoms with Crippen LogP contribution in [0.1, 0.15) is 26.3 Å². The molecule has 2 radical (unpaired) electrons. The van der Waals surface area contributed by atoms with Crippen LogP contribution in [0.5, 0.6) is 0 Å². The third-order valence-electron chi connectivity index (χ3n) is 2.79. The summed E-state index contributed by atoms with van der Waals surface area (Å²) in [6.07, 6.45) is 0. The summed E-state index contributed by atoms with van der Waals surface area (Å²) in [5.41, 5.74) is 1.68. The van der Waals surface area contributed by atoms with Crippen molar-refractivity contribution in [3.05, 3.63) is 60.2 Å². The predicted octanol–water partition coefficient (Wildman–Crippen LogP) is 2.64. The molecule has 0 bridgehead atoms. The highest BCUT2D eigenvalue weighted by Crippen LogP contribution is 2.19. The van der Waals surface area contributed by atoms with E-state index in [-0.39, 0.29) is 5.41 Å². The number of hydrogen-bond donors (Lipinski definition) is 0. The maximum Gasteiger partial charge on any atom is 0.121 e. The van der Waals surface area contributed by atoms with E-state index in [0.29, 0.717) is 0 Å². The van der Waals surface area contributed by atoms with Gasteiger partial charge in [0.25, 0.3) is 0 Å². The molecule has 0 heterocycles. The van der Waals surface area contributed by atoms with Gasteiger partial charge >= 0.3 is 0 Å². The minimum atomic E-state index is 0.221. The van der Waals surface area contributed by atoms with Crippen molar-refractivity contribution in [2.45, 2.75) is 26.2 Å². The fourth-order valence-corrected chi connectivity index (χ4v) is 3.37. The molecule has 0 unspecified atom stereocenters. The Labute approximate surface area is 107 Å². The number of rotatable bonds is 2. The standard InChI is InChI=1S/C16H18Si/c1-16(2,3)14-11-7-8-12-15(14)17-13-9-5-4-6-10-13/h4-12H,1-3H3. The summed E-state index contributed by atoms with van der Waals surface area (Å²) in [6.45, 7) is 6.84. The van der Waals surface area contributed by atoms with E-state index in [1.165, 1.54) is 15.9 Å². The van der Waals surface area contributed by atoms with Crippen molar-refractivity contribution >= 4 is 19.9 Å². The van der Waals surface area contributed by atoms with Gasteiger partial charge < -0.3 is 0 Å². The van der Waals surface area contributed by atoms with Crippen LogP contribution >= 0.6 is 0 Å². The van der Waals surface area contributed by atoms with Crippen molar-refractivity contribution in [2.24, 2.45) is 0 Å². The average Bonchev–Trinajstić information content (AvgIpc) is 2.30. The summed E-state index contributed by atoms with van der Waals surface area (Å²) in [5.74, 6) is 0. The van der Waals surface area contributed by atoms with Gasteiger partial charge in [0.05, 0.1) is 0 Å². The molecule has 0 nitrogen and oxygen atoms in total. The van der Waals surface area contributed by atoms with Crippen LogP contribution in [-0.2, 0) is 5.41 Å². The summed E-state index contributed by atoms with van der Waals surface area (Å²) < 4.78 is 0. The van der Waals surface area contributed by atoms with Gasteiger partial charge in [0.1, 0.15) is 9.52 Å². The van der Waals surface area contributed by atoms with Gasteiger partial charge in [-0.1, -0.05) is 85.7 Å². The Kier molecular flexibility index (Phi) is 3.48. The topological polar surface area (TPSA) is 0 Å². The molecular formula is C16H18Si. The Balaban J connectivity index is 2.34. The first-order valence-corrected chi connectivity index (χ1v) is 6.99. The van der Waals surface area contributed by atoms with E-state index in [1.54, 1.807) is 0 Å². The first kappa shape index (κ1) is 12.1. The molecular weight excluding hydrogens is 220 g/mol. The molecule has 2 aromatic carbocycles. The monoisotopic (exact) mass is 238 g/mol. The molecule has 86 valence electrons. The zero-order valence-electron chi connectivity index (χ0n) is 10.7. The van der Waals surface area contributed by atoms with Gasteiger partial charge in [-0.3, -0.25) is 0 Å². The molecule has 0 amide bonds. The van der Waals surface area contributed by atoms with Crippen LogP contribution in [0.2, 0.25) is 0 Å². The Hall–Kier alpha value is -1.34. The lowest BCUT2D eigenvalue weighted by molar-refractivity contribution is 0.594. The van der Waals surface area contributed by atoms with Gasteiger partial charge in [0.15, 0.2) is 0 Å². The van der Waals surface area contributed by atoms with Gasteiger partial charge in [0, 0.05) is 0 Å². The Morgan fingerprint density at radius 2 is 1.35 bits per heavy atom. The maximum absolute atomic E-state index is 2.28. The van der Waals surface area contributed by atoms with E-state index in [9.17, 15) is 0 Å². The second-order valence-electron chi connectivity index (χ2n) is 5.29. The number of benzene rings is 2. The molecule has 0 aliphatic rings. The molecule has 0 saturated heterocycles. The van der Waals surface area contributed by atoms with Gasteiger partial charge in [0.2, 0.25) is 0 Å². The van der Waals surface area contributed by atoms with Gasteiger partial charge in [-0.05, 0) is 11.0 Å². The van der Waals surface area contributed by atoms with Crippen molar-refractivity contribution in [1.82, 2.24) is 0 Å². The van der Waals surface area contributed by atoms with E-state index < -0.39 is 0 Å². The third kappa shape index (κ3) is 3.07. The molecule has 0 spiro atoms. The quantitative estimate of drug-likeness (QED) is 0.706.